The number of nitrogens with one attached hydrogen (secondary N) is 2. The highest BCUT2D eigenvalue weighted by molar-refractivity contribution is 6.02. The van der Waals surface area contributed by atoms with Gasteiger partial charge < -0.3 is 24.6 Å². The average Bonchev–Trinajstić information content (AvgIpc) is 3.69. The van der Waals surface area contributed by atoms with Crippen molar-refractivity contribution in [3.63, 3.8) is 0 Å². The van der Waals surface area contributed by atoms with Gasteiger partial charge in [0.2, 0.25) is 11.3 Å². The van der Waals surface area contributed by atoms with Crippen molar-refractivity contribution in [3.8, 4) is 0 Å². The second kappa shape index (κ2) is 19.0. The summed E-state index contributed by atoms with van der Waals surface area (Å²) in [5.74, 6) is 0.451. The molecule has 2 amide bonds. The van der Waals surface area contributed by atoms with Gasteiger partial charge in [-0.1, -0.05) is 52.8 Å². The van der Waals surface area contributed by atoms with Crippen LogP contribution in [0, 0.1) is 5.41 Å². The second-order valence-electron chi connectivity index (χ2n) is 22.3. The van der Waals surface area contributed by atoms with Gasteiger partial charge >= 0.3 is 0 Å². The summed E-state index contributed by atoms with van der Waals surface area (Å²) in [5, 5.41) is 13.2. The highest BCUT2D eigenvalue weighted by Crippen LogP contribution is 2.50. The van der Waals surface area contributed by atoms with Crippen molar-refractivity contribution in [3.05, 3.63) is 114 Å². The number of hydrogen-bond donors (Lipinski definition) is 2. The third-order valence-corrected chi connectivity index (χ3v) is 15.8. The van der Waals surface area contributed by atoms with Gasteiger partial charge in [-0.3, -0.25) is 19.5 Å². The predicted molar refractivity (Wildman–Crippen MR) is 270 cm³/mol. The number of rotatable bonds is 16. The number of aromatic amines is 1. The lowest BCUT2D eigenvalue weighted by Gasteiger charge is -2.48. The van der Waals surface area contributed by atoms with Crippen LogP contribution < -0.4 is 25.4 Å². The van der Waals surface area contributed by atoms with Crippen molar-refractivity contribution in [2.75, 3.05) is 71.1 Å². The van der Waals surface area contributed by atoms with Crippen molar-refractivity contribution in [1.82, 2.24) is 25.0 Å². The molecular weight excluding hydrogens is 849 g/mol. The van der Waals surface area contributed by atoms with Crippen molar-refractivity contribution in [1.29, 1.82) is 0 Å². The van der Waals surface area contributed by atoms with E-state index in [-0.39, 0.29) is 34.0 Å². The summed E-state index contributed by atoms with van der Waals surface area (Å²) in [7, 11) is 1.86. The number of carbonyl (C=O) groups excluding carboxylic acids is 3. The monoisotopic (exact) mass is 924 g/mol. The first-order valence-corrected chi connectivity index (χ1v) is 25.6. The Morgan fingerprint density at radius 1 is 0.956 bits per heavy atom. The topological polar surface area (TPSA) is 120 Å². The molecule has 0 bridgehead atoms. The third kappa shape index (κ3) is 8.98. The zero-order chi connectivity index (χ0) is 48.1. The van der Waals surface area contributed by atoms with Gasteiger partial charge in [-0.05, 0) is 127 Å². The number of carbonyl (C=O) groups is 3. The maximum Gasteiger partial charge on any atom is 0.254 e. The van der Waals surface area contributed by atoms with Crippen LogP contribution in [0.2, 0.25) is 0 Å². The van der Waals surface area contributed by atoms with E-state index in [0.29, 0.717) is 76.7 Å². The number of aryl methyl sites for hydroxylation is 1. The van der Waals surface area contributed by atoms with Gasteiger partial charge in [0.05, 0.1) is 37.7 Å². The van der Waals surface area contributed by atoms with E-state index in [1.54, 1.807) is 4.90 Å². The van der Waals surface area contributed by atoms with E-state index in [1.165, 1.54) is 55.2 Å². The summed E-state index contributed by atoms with van der Waals surface area (Å²) in [6.07, 6.45) is 8.33. The minimum absolute atomic E-state index is 0.0333. The Morgan fingerprint density at radius 2 is 1.71 bits per heavy atom. The molecule has 0 saturated heterocycles. The molecule has 0 fully saturated rings. The first kappa shape index (κ1) is 47.9. The van der Waals surface area contributed by atoms with Crippen LogP contribution in [-0.4, -0.2) is 104 Å². The molecule has 1 aromatic heterocycles. The largest absolute Gasteiger partial charge is 0.379 e. The lowest BCUT2D eigenvalue weighted by molar-refractivity contribution is -0.121. The molecule has 2 N–H and O–H groups in total. The SMILES string of the molecule is CCN1c2cc3c(cc2C(C)CC1(C)C)C(c1ccccc1C(=O)N(C)CCCC(=O)NCCOCCOCCc1n[nH]c2c1C(=O)CC(C)(C)C2)=c1cc2c4c(c1C3(C)C)CCC[N+]=4CCC2. The second-order valence-corrected chi connectivity index (χ2v) is 22.3. The number of H-pyrrole nitrogens is 1. The number of Topliss-reactive ketones (excluding diaryl/α,β-unsaturated/α-hetero) is 1. The van der Waals surface area contributed by atoms with Crippen LogP contribution in [0.1, 0.15) is 171 Å². The van der Waals surface area contributed by atoms with E-state index in [9.17, 15) is 14.4 Å². The fourth-order valence-electron chi connectivity index (χ4n) is 12.8. The summed E-state index contributed by atoms with van der Waals surface area (Å²) in [5.41, 5.74) is 14.8. The van der Waals surface area contributed by atoms with Gasteiger partial charge in [0.1, 0.15) is 13.1 Å². The fraction of sp³-hybridized carbons (Fsp3) is 0.561. The smallest absolute Gasteiger partial charge is 0.254 e. The number of benzene rings is 3. The predicted octanol–water partition coefficient (Wildman–Crippen LogP) is 7.19. The van der Waals surface area contributed by atoms with Crippen LogP contribution >= 0.6 is 0 Å². The number of ketones is 1. The van der Waals surface area contributed by atoms with E-state index in [0.717, 1.165) is 80.7 Å². The summed E-state index contributed by atoms with van der Waals surface area (Å²) in [6.45, 7) is 24.3. The third-order valence-electron chi connectivity index (χ3n) is 15.8. The molecule has 2 aliphatic carbocycles. The molecule has 9 rings (SSSR count). The highest BCUT2D eigenvalue weighted by atomic mass is 16.5. The minimum Gasteiger partial charge on any atom is -0.379 e. The highest BCUT2D eigenvalue weighted by Gasteiger charge is 2.43. The minimum atomic E-state index is -0.251. The average molecular weight is 924 g/mol. The Bertz CT molecular complexity index is 2760. The van der Waals surface area contributed by atoms with Gasteiger partial charge in [-0.2, -0.15) is 5.10 Å². The van der Waals surface area contributed by atoms with Gasteiger partial charge in [-0.15, -0.1) is 0 Å². The molecular formula is C57H75N6O5+. The summed E-state index contributed by atoms with van der Waals surface area (Å²) in [6, 6.07) is 15.8. The van der Waals surface area contributed by atoms with Gasteiger partial charge in [0.15, 0.2) is 5.78 Å². The molecule has 362 valence electrons. The number of fused-ring (bicyclic) bond motifs is 5. The summed E-state index contributed by atoms with van der Waals surface area (Å²) >= 11 is 0. The van der Waals surface area contributed by atoms with Gasteiger partial charge in [0, 0.05) is 97.8 Å². The molecule has 1 atom stereocenters. The zero-order valence-electron chi connectivity index (χ0n) is 42.4. The maximum absolute atomic E-state index is 14.7. The van der Waals surface area contributed by atoms with Crippen molar-refractivity contribution >= 4 is 28.9 Å². The van der Waals surface area contributed by atoms with Gasteiger partial charge in [0.25, 0.3) is 5.91 Å². The molecule has 1 unspecified atom stereocenters. The number of nitrogens with zero attached hydrogens (tertiary/aromatic N) is 4. The molecule has 0 spiro atoms. The summed E-state index contributed by atoms with van der Waals surface area (Å²) in [4.78, 5) is 44.8. The van der Waals surface area contributed by atoms with Crippen molar-refractivity contribution in [2.24, 2.45) is 5.41 Å². The lowest BCUT2D eigenvalue weighted by atomic mass is 9.64. The molecule has 11 heteroatoms. The molecule has 4 heterocycles. The van der Waals surface area contributed by atoms with E-state index in [1.807, 2.05) is 19.2 Å². The van der Waals surface area contributed by atoms with E-state index in [4.69, 9.17) is 9.47 Å². The molecule has 0 radical (unpaired) electrons. The first-order chi connectivity index (χ1) is 32.5. The number of amides is 2. The van der Waals surface area contributed by atoms with E-state index >= 15 is 0 Å². The Labute approximate surface area is 403 Å². The first-order valence-electron chi connectivity index (χ1n) is 25.6. The molecule has 4 aromatic rings. The van der Waals surface area contributed by atoms with Crippen LogP contribution in [0.15, 0.2) is 42.5 Å². The Morgan fingerprint density at radius 3 is 2.49 bits per heavy atom. The van der Waals surface area contributed by atoms with Crippen LogP contribution in [0.5, 0.6) is 0 Å². The molecule has 5 aliphatic rings. The maximum atomic E-state index is 14.7. The fourth-order valence-corrected chi connectivity index (χ4v) is 12.8. The lowest BCUT2D eigenvalue weighted by Crippen LogP contribution is -2.50. The Hall–Kier alpha value is -5.13. The van der Waals surface area contributed by atoms with E-state index in [2.05, 4.69) is 111 Å². The number of hydrogen-bond acceptors (Lipinski definition) is 7. The molecule has 68 heavy (non-hydrogen) atoms. The molecule has 11 nitrogen and oxygen atoms in total. The molecule has 3 aromatic carbocycles. The van der Waals surface area contributed by atoms with Crippen LogP contribution in [0.3, 0.4) is 0 Å². The summed E-state index contributed by atoms with van der Waals surface area (Å²) < 4.78 is 14.1. The standard InChI is InChI=1S/C57H74N6O5/c1-10-63-47-32-44-42(31-41(47)36(2)33-56(63,5)6)50(43-30-37-16-13-24-62-25-14-19-40(53(37)62)52(43)57(44,7)8)38-17-11-12-18-39(38)54(66)61(9)23-15-20-49(65)58-22-27-68-29-28-67-26-21-45-51-46(60-59-45)34-55(3,4)35-48(51)64/h11-12,17-18,30-32,36H,10,13-16,19-29,33-35H2,1-9H3,(H-,58,59,60,64,65)/p+1. The quantitative estimate of drug-likeness (QED) is 0.0903. The molecule has 3 aliphatic heterocycles. The van der Waals surface area contributed by atoms with Crippen LogP contribution in [0.25, 0.3) is 5.57 Å². The van der Waals surface area contributed by atoms with E-state index < -0.39 is 0 Å². The zero-order valence-corrected chi connectivity index (χ0v) is 42.4. The van der Waals surface area contributed by atoms with Crippen molar-refractivity contribution < 1.29 is 23.9 Å². The molecule has 0 saturated carbocycles. The van der Waals surface area contributed by atoms with Gasteiger partial charge in [-0.25, -0.2) is 4.58 Å². The number of aromatic nitrogens is 2. The van der Waals surface area contributed by atoms with Crippen LogP contribution in [0.4, 0.5) is 5.69 Å². The normalized spacial score (nSPS) is 19.4. The Balaban J connectivity index is 0.869. The van der Waals surface area contributed by atoms with Crippen LogP contribution in [-0.2, 0) is 45.4 Å². The van der Waals surface area contributed by atoms with Crippen molar-refractivity contribution in [2.45, 2.75) is 136 Å². The Kier molecular flexibility index (Phi) is 13.4. The number of ether oxygens (including phenoxy) is 2. The number of anilines is 1.